The van der Waals surface area contributed by atoms with E-state index in [4.69, 9.17) is 0 Å². The standard InChI is InChI=1S/C23H20N4O3.ClH/c28-22(29)19-10-11-20-21(25-19)27(18-12-13-24-14-18)23(30)26(20)17-8-6-16(7-9-17)15-4-2-1-3-5-15;/h1-11,18,24H,12-14H2,(H,28,29);1H. The van der Waals surface area contributed by atoms with Gasteiger partial charge < -0.3 is 10.4 Å². The van der Waals surface area contributed by atoms with E-state index in [9.17, 15) is 14.7 Å². The molecule has 1 saturated heterocycles. The molecule has 0 saturated carbocycles. The molecule has 4 aromatic rings. The molecule has 1 fully saturated rings. The molecule has 0 spiro atoms. The molecule has 1 aliphatic heterocycles. The smallest absolute Gasteiger partial charge is 0.354 e. The summed E-state index contributed by atoms with van der Waals surface area (Å²) in [5, 5.41) is 12.6. The highest BCUT2D eigenvalue weighted by Gasteiger charge is 2.25. The fourth-order valence-electron chi connectivity index (χ4n) is 4.09. The zero-order chi connectivity index (χ0) is 20.7. The molecular formula is C23H21ClN4O3. The number of aromatic carboxylic acids is 1. The SMILES string of the molecule is Cl.O=C(O)c1ccc2c(n1)n(C1CCNC1)c(=O)n2-c1ccc(-c2ccccc2)cc1. The van der Waals surface area contributed by atoms with Crippen molar-refractivity contribution in [3.63, 3.8) is 0 Å². The van der Waals surface area contributed by atoms with Gasteiger partial charge in [-0.3, -0.25) is 9.13 Å². The molecule has 0 aliphatic carbocycles. The molecule has 2 aromatic carbocycles. The van der Waals surface area contributed by atoms with Gasteiger partial charge in [0.1, 0.15) is 0 Å². The summed E-state index contributed by atoms with van der Waals surface area (Å²) < 4.78 is 3.24. The molecule has 0 bridgehead atoms. The first-order chi connectivity index (χ1) is 14.6. The molecule has 0 radical (unpaired) electrons. The van der Waals surface area contributed by atoms with E-state index in [1.165, 1.54) is 6.07 Å². The highest BCUT2D eigenvalue weighted by Crippen LogP contribution is 2.25. The number of aromatic nitrogens is 3. The zero-order valence-electron chi connectivity index (χ0n) is 16.6. The normalized spacial score (nSPS) is 15.7. The number of carboxylic acids is 1. The van der Waals surface area contributed by atoms with Crippen LogP contribution in [0.3, 0.4) is 0 Å². The fraction of sp³-hybridized carbons (Fsp3) is 0.174. The van der Waals surface area contributed by atoms with Crippen LogP contribution < -0.4 is 11.0 Å². The number of nitrogens with zero attached hydrogens (tertiary/aromatic N) is 3. The summed E-state index contributed by atoms with van der Waals surface area (Å²) in [7, 11) is 0. The highest BCUT2D eigenvalue weighted by molar-refractivity contribution is 5.88. The van der Waals surface area contributed by atoms with Crippen molar-refractivity contribution in [3.05, 3.63) is 82.9 Å². The average molecular weight is 437 g/mol. The Hall–Kier alpha value is -3.42. The Labute approximate surface area is 184 Å². The van der Waals surface area contributed by atoms with E-state index in [1.54, 1.807) is 15.2 Å². The molecule has 1 atom stereocenters. The van der Waals surface area contributed by atoms with E-state index in [-0.39, 0.29) is 29.8 Å². The van der Waals surface area contributed by atoms with Crippen LogP contribution in [0.15, 0.2) is 71.5 Å². The maximum Gasteiger partial charge on any atom is 0.354 e. The number of hydrogen-bond acceptors (Lipinski definition) is 4. The Kier molecular flexibility index (Phi) is 5.63. The van der Waals surface area contributed by atoms with Crippen LogP contribution >= 0.6 is 12.4 Å². The first-order valence-electron chi connectivity index (χ1n) is 9.87. The van der Waals surface area contributed by atoms with Crippen molar-refractivity contribution < 1.29 is 9.90 Å². The van der Waals surface area contributed by atoms with Crippen LogP contribution in [0, 0.1) is 0 Å². The van der Waals surface area contributed by atoms with Gasteiger partial charge in [0.15, 0.2) is 11.3 Å². The van der Waals surface area contributed by atoms with Gasteiger partial charge in [-0.15, -0.1) is 12.4 Å². The molecule has 0 amide bonds. The Bertz CT molecular complexity index is 1290. The summed E-state index contributed by atoms with van der Waals surface area (Å²) in [5.41, 5.74) is 3.61. The van der Waals surface area contributed by atoms with Gasteiger partial charge in [0.05, 0.1) is 17.2 Å². The lowest BCUT2D eigenvalue weighted by Crippen LogP contribution is -2.28. The number of halogens is 1. The Morgan fingerprint density at radius 3 is 2.35 bits per heavy atom. The number of pyridine rings is 1. The van der Waals surface area contributed by atoms with E-state index in [1.807, 2.05) is 54.6 Å². The van der Waals surface area contributed by atoms with Crippen LogP contribution in [0.2, 0.25) is 0 Å². The van der Waals surface area contributed by atoms with E-state index < -0.39 is 5.97 Å². The first kappa shape index (κ1) is 20.8. The number of rotatable bonds is 4. The molecule has 1 aliphatic rings. The highest BCUT2D eigenvalue weighted by atomic mass is 35.5. The van der Waals surface area contributed by atoms with Crippen molar-refractivity contribution in [2.75, 3.05) is 13.1 Å². The van der Waals surface area contributed by atoms with Crippen LogP contribution in [0.5, 0.6) is 0 Å². The van der Waals surface area contributed by atoms with E-state index >= 15 is 0 Å². The summed E-state index contributed by atoms with van der Waals surface area (Å²) >= 11 is 0. The number of carboxylic acid groups (broad SMARTS) is 1. The van der Waals surface area contributed by atoms with Gasteiger partial charge in [-0.05, 0) is 48.4 Å². The van der Waals surface area contributed by atoms with Gasteiger partial charge in [-0.25, -0.2) is 14.6 Å². The maximum atomic E-state index is 13.4. The lowest BCUT2D eigenvalue weighted by Gasteiger charge is -2.09. The lowest BCUT2D eigenvalue weighted by molar-refractivity contribution is 0.0691. The summed E-state index contributed by atoms with van der Waals surface area (Å²) in [6.07, 6.45) is 0.797. The van der Waals surface area contributed by atoms with E-state index in [0.717, 1.165) is 29.8 Å². The number of nitrogens with one attached hydrogen (secondary N) is 1. The third-order valence-corrected chi connectivity index (χ3v) is 5.57. The van der Waals surface area contributed by atoms with Gasteiger partial charge in [-0.2, -0.15) is 0 Å². The second kappa shape index (κ2) is 8.37. The van der Waals surface area contributed by atoms with Crippen LogP contribution in [-0.4, -0.2) is 38.3 Å². The molecule has 3 heterocycles. The van der Waals surface area contributed by atoms with Gasteiger partial charge in [0.25, 0.3) is 0 Å². The Morgan fingerprint density at radius 1 is 1.00 bits per heavy atom. The van der Waals surface area contributed by atoms with Gasteiger partial charge in [0.2, 0.25) is 0 Å². The summed E-state index contributed by atoms with van der Waals surface area (Å²) in [4.78, 5) is 29.2. The quantitative estimate of drug-likeness (QED) is 0.511. The van der Waals surface area contributed by atoms with Crippen molar-refractivity contribution in [3.8, 4) is 16.8 Å². The number of hydrogen-bond donors (Lipinski definition) is 2. The molecule has 158 valence electrons. The Balaban J connectivity index is 0.00000231. The van der Waals surface area contributed by atoms with E-state index in [0.29, 0.717) is 17.7 Å². The van der Waals surface area contributed by atoms with Crippen molar-refractivity contribution in [2.45, 2.75) is 12.5 Å². The van der Waals surface area contributed by atoms with Crippen molar-refractivity contribution in [1.29, 1.82) is 0 Å². The maximum absolute atomic E-state index is 13.4. The first-order valence-corrected chi connectivity index (χ1v) is 9.87. The Morgan fingerprint density at radius 2 is 1.71 bits per heavy atom. The number of benzene rings is 2. The second-order valence-corrected chi connectivity index (χ2v) is 7.39. The largest absolute Gasteiger partial charge is 0.477 e. The second-order valence-electron chi connectivity index (χ2n) is 7.39. The molecule has 5 rings (SSSR count). The average Bonchev–Trinajstić information content (AvgIpc) is 3.39. The molecular weight excluding hydrogens is 416 g/mol. The number of imidazole rings is 1. The molecule has 2 N–H and O–H groups in total. The lowest BCUT2D eigenvalue weighted by atomic mass is 10.1. The van der Waals surface area contributed by atoms with Crippen molar-refractivity contribution in [1.82, 2.24) is 19.4 Å². The van der Waals surface area contributed by atoms with Gasteiger partial charge >= 0.3 is 11.7 Å². The monoisotopic (exact) mass is 436 g/mol. The third kappa shape index (κ3) is 3.62. The minimum absolute atomic E-state index is 0. The van der Waals surface area contributed by atoms with Crippen LogP contribution in [0.4, 0.5) is 0 Å². The van der Waals surface area contributed by atoms with Crippen LogP contribution in [0.25, 0.3) is 28.0 Å². The zero-order valence-corrected chi connectivity index (χ0v) is 17.4. The minimum Gasteiger partial charge on any atom is -0.477 e. The topological polar surface area (TPSA) is 89.2 Å². The summed E-state index contributed by atoms with van der Waals surface area (Å²) in [6.45, 7) is 1.47. The van der Waals surface area contributed by atoms with Crippen molar-refractivity contribution in [2.24, 2.45) is 0 Å². The van der Waals surface area contributed by atoms with Gasteiger partial charge in [0, 0.05) is 6.54 Å². The predicted octanol–water partition coefficient (Wildman–Crippen LogP) is 3.51. The predicted molar refractivity (Wildman–Crippen MR) is 121 cm³/mol. The van der Waals surface area contributed by atoms with E-state index in [2.05, 4.69) is 10.3 Å². The minimum atomic E-state index is -1.11. The van der Waals surface area contributed by atoms with Crippen molar-refractivity contribution >= 4 is 29.5 Å². The van der Waals surface area contributed by atoms with Crippen LogP contribution in [-0.2, 0) is 0 Å². The van der Waals surface area contributed by atoms with Gasteiger partial charge in [-0.1, -0.05) is 42.5 Å². The molecule has 8 heteroatoms. The summed E-state index contributed by atoms with van der Waals surface area (Å²) in [6, 6.07) is 20.9. The van der Waals surface area contributed by atoms with Crippen LogP contribution in [0.1, 0.15) is 23.0 Å². The fourth-order valence-corrected chi connectivity index (χ4v) is 4.09. The molecule has 31 heavy (non-hydrogen) atoms. The number of carbonyl (C=O) groups is 1. The third-order valence-electron chi connectivity index (χ3n) is 5.57. The number of fused-ring (bicyclic) bond motifs is 1. The summed E-state index contributed by atoms with van der Waals surface area (Å²) in [5.74, 6) is -1.11. The molecule has 2 aromatic heterocycles. The molecule has 1 unspecified atom stereocenters. The molecule has 7 nitrogen and oxygen atoms in total.